The zero-order chi connectivity index (χ0) is 21.0. The number of piperazine rings is 2. The molecule has 1 N–H and O–H groups in total. The minimum Gasteiger partial charge on any atom is -0.336 e. The molecular formula is C26H31Cl3N4O. The summed E-state index contributed by atoms with van der Waals surface area (Å²) in [6.07, 6.45) is 3.37. The summed E-state index contributed by atoms with van der Waals surface area (Å²) in [5, 5.41) is 3.66. The van der Waals surface area contributed by atoms with E-state index in [1.165, 1.54) is 11.1 Å². The highest BCUT2D eigenvalue weighted by Crippen LogP contribution is 2.34. The number of fused-ring (bicyclic) bond motifs is 1. The van der Waals surface area contributed by atoms with Gasteiger partial charge in [-0.15, -0.1) is 37.2 Å². The van der Waals surface area contributed by atoms with Gasteiger partial charge < -0.3 is 10.2 Å². The molecule has 8 heteroatoms. The van der Waals surface area contributed by atoms with Gasteiger partial charge >= 0.3 is 0 Å². The van der Waals surface area contributed by atoms with Crippen LogP contribution in [0.5, 0.6) is 0 Å². The number of carbonyl (C=O) groups is 1. The molecule has 3 aromatic rings. The molecule has 0 spiro atoms. The normalized spacial score (nSPS) is 19.7. The number of amides is 1. The topological polar surface area (TPSA) is 48.5 Å². The van der Waals surface area contributed by atoms with Crippen molar-refractivity contribution in [3.8, 4) is 0 Å². The summed E-state index contributed by atoms with van der Waals surface area (Å²) < 4.78 is 0. The highest BCUT2D eigenvalue weighted by molar-refractivity contribution is 5.94. The van der Waals surface area contributed by atoms with Crippen molar-refractivity contribution in [1.29, 1.82) is 0 Å². The predicted molar refractivity (Wildman–Crippen MR) is 144 cm³/mol. The van der Waals surface area contributed by atoms with Gasteiger partial charge in [0.15, 0.2) is 0 Å². The van der Waals surface area contributed by atoms with Crippen molar-refractivity contribution in [3.63, 3.8) is 0 Å². The Morgan fingerprint density at radius 2 is 1.50 bits per heavy atom. The van der Waals surface area contributed by atoms with Gasteiger partial charge in [-0.1, -0.05) is 60.7 Å². The van der Waals surface area contributed by atoms with E-state index in [1.54, 1.807) is 12.4 Å². The highest BCUT2D eigenvalue weighted by Gasteiger charge is 2.40. The van der Waals surface area contributed by atoms with Crippen LogP contribution in [0.1, 0.15) is 27.4 Å². The molecule has 1 amide bonds. The maximum atomic E-state index is 13.0. The lowest BCUT2D eigenvalue weighted by atomic mass is 9.82. The number of nitrogens with zero attached hydrogens (tertiary/aromatic N) is 3. The molecule has 2 fully saturated rings. The third-order valence-electron chi connectivity index (χ3n) is 6.59. The minimum atomic E-state index is 0. The lowest BCUT2D eigenvalue weighted by Crippen LogP contribution is -2.66. The van der Waals surface area contributed by atoms with Gasteiger partial charge in [0, 0.05) is 63.1 Å². The van der Waals surface area contributed by atoms with Crippen LogP contribution in [0.15, 0.2) is 85.2 Å². The van der Waals surface area contributed by atoms with Gasteiger partial charge in [0.25, 0.3) is 5.91 Å². The van der Waals surface area contributed by atoms with Crippen molar-refractivity contribution in [1.82, 2.24) is 20.1 Å². The average molecular weight is 522 g/mol. The van der Waals surface area contributed by atoms with E-state index < -0.39 is 0 Å². The lowest BCUT2D eigenvalue weighted by Gasteiger charge is -2.50. The molecule has 0 aliphatic carbocycles. The molecule has 2 aromatic carbocycles. The third-order valence-corrected chi connectivity index (χ3v) is 6.59. The number of halogens is 3. The van der Waals surface area contributed by atoms with Crippen molar-refractivity contribution in [2.75, 3.05) is 32.7 Å². The van der Waals surface area contributed by atoms with E-state index in [0.29, 0.717) is 23.6 Å². The smallest absolute Gasteiger partial charge is 0.255 e. The summed E-state index contributed by atoms with van der Waals surface area (Å²) in [6, 6.07) is 26.0. The second-order valence-corrected chi connectivity index (χ2v) is 8.41. The number of hydrogen-bond acceptors (Lipinski definition) is 4. The predicted octanol–water partition coefficient (Wildman–Crippen LogP) is 4.28. The van der Waals surface area contributed by atoms with Crippen molar-refractivity contribution < 1.29 is 4.79 Å². The van der Waals surface area contributed by atoms with Crippen LogP contribution < -0.4 is 5.32 Å². The molecule has 5 nitrogen and oxygen atoms in total. The van der Waals surface area contributed by atoms with Gasteiger partial charge in [0.1, 0.15) is 0 Å². The summed E-state index contributed by atoms with van der Waals surface area (Å²) >= 11 is 0. The molecule has 2 atom stereocenters. The largest absolute Gasteiger partial charge is 0.336 e. The zero-order valence-electron chi connectivity index (χ0n) is 18.8. The maximum absolute atomic E-state index is 13.0. The Kier molecular flexibility index (Phi) is 10.8. The number of pyridine rings is 1. The maximum Gasteiger partial charge on any atom is 0.255 e. The van der Waals surface area contributed by atoms with Gasteiger partial charge in [-0.3, -0.25) is 14.7 Å². The number of nitrogens with one attached hydrogen (secondary N) is 1. The number of benzene rings is 2. The SMILES string of the molecule is Cl.Cl.Cl.O=C(c1cccnc1)N1CCN2[C@H](CNC[C@H]2C(c2ccccc2)c2ccccc2)C1. The van der Waals surface area contributed by atoms with Gasteiger partial charge in [-0.2, -0.15) is 0 Å². The molecule has 0 unspecified atom stereocenters. The first-order chi connectivity index (χ1) is 15.3. The number of hydrogen-bond donors (Lipinski definition) is 1. The molecule has 3 heterocycles. The van der Waals surface area contributed by atoms with E-state index in [0.717, 1.165) is 32.7 Å². The summed E-state index contributed by atoms with van der Waals surface area (Å²) in [7, 11) is 0. The summed E-state index contributed by atoms with van der Waals surface area (Å²) in [5.41, 5.74) is 3.35. The van der Waals surface area contributed by atoms with E-state index in [-0.39, 0.29) is 43.1 Å². The van der Waals surface area contributed by atoms with E-state index in [9.17, 15) is 4.79 Å². The van der Waals surface area contributed by atoms with Crippen LogP contribution in [0.2, 0.25) is 0 Å². The van der Waals surface area contributed by atoms with E-state index in [4.69, 9.17) is 0 Å². The van der Waals surface area contributed by atoms with Crippen LogP contribution in [0, 0.1) is 0 Å². The Bertz CT molecular complexity index is 971. The second kappa shape index (κ2) is 13.1. The first kappa shape index (κ1) is 28.1. The van der Waals surface area contributed by atoms with Gasteiger partial charge in [-0.25, -0.2) is 0 Å². The molecular weight excluding hydrogens is 491 g/mol. The number of carbonyl (C=O) groups excluding carboxylic acids is 1. The molecule has 0 saturated carbocycles. The first-order valence-corrected chi connectivity index (χ1v) is 11.1. The number of aromatic nitrogens is 1. The monoisotopic (exact) mass is 520 g/mol. The molecule has 5 rings (SSSR count). The van der Waals surface area contributed by atoms with Gasteiger partial charge in [0.2, 0.25) is 0 Å². The molecule has 2 saturated heterocycles. The summed E-state index contributed by atoms with van der Waals surface area (Å²) in [5.74, 6) is 0.371. The van der Waals surface area contributed by atoms with Crippen LogP contribution in [-0.4, -0.2) is 65.5 Å². The molecule has 2 aliphatic heterocycles. The van der Waals surface area contributed by atoms with E-state index in [1.807, 2.05) is 17.0 Å². The Balaban J connectivity index is 0.00000136. The van der Waals surface area contributed by atoms with E-state index >= 15 is 0 Å². The minimum absolute atomic E-state index is 0. The number of rotatable bonds is 4. The average Bonchev–Trinajstić information content (AvgIpc) is 2.85. The molecule has 34 heavy (non-hydrogen) atoms. The molecule has 0 bridgehead atoms. The van der Waals surface area contributed by atoms with Crippen LogP contribution in [0.4, 0.5) is 0 Å². The van der Waals surface area contributed by atoms with Crippen LogP contribution in [-0.2, 0) is 0 Å². The molecule has 182 valence electrons. The van der Waals surface area contributed by atoms with Gasteiger partial charge in [-0.05, 0) is 23.3 Å². The van der Waals surface area contributed by atoms with Gasteiger partial charge in [0.05, 0.1) is 5.56 Å². The van der Waals surface area contributed by atoms with Crippen molar-refractivity contribution in [2.45, 2.75) is 18.0 Å². The first-order valence-electron chi connectivity index (χ1n) is 11.1. The fourth-order valence-electron chi connectivity index (χ4n) is 5.13. The standard InChI is InChI=1S/C26H28N4O.3ClH/c31-26(22-12-7-13-27-16-22)29-14-15-30-23(19-29)17-28-18-24(30)25(20-8-3-1-4-9-20)21-10-5-2-6-11-21;;;/h1-13,16,23-25,28H,14-15,17-19H2;3*1H/t23-,24+;;;/m1.../s1. The Morgan fingerprint density at radius 1 is 0.853 bits per heavy atom. The zero-order valence-corrected chi connectivity index (χ0v) is 21.3. The van der Waals surface area contributed by atoms with Crippen LogP contribution in [0.25, 0.3) is 0 Å². The second-order valence-electron chi connectivity index (χ2n) is 8.41. The fraction of sp³-hybridized carbons (Fsp3) is 0.308. The van der Waals surface area contributed by atoms with Crippen molar-refractivity contribution in [2.24, 2.45) is 0 Å². The van der Waals surface area contributed by atoms with Crippen LogP contribution >= 0.6 is 37.2 Å². The Labute approximate surface area is 220 Å². The van der Waals surface area contributed by atoms with Crippen molar-refractivity contribution in [3.05, 3.63) is 102 Å². The fourth-order valence-corrected chi connectivity index (χ4v) is 5.13. The highest BCUT2D eigenvalue weighted by atomic mass is 35.5. The molecule has 0 radical (unpaired) electrons. The summed E-state index contributed by atoms with van der Waals surface area (Å²) in [6.45, 7) is 4.23. The Hall–Kier alpha value is -2.15. The molecule has 2 aliphatic rings. The van der Waals surface area contributed by atoms with Crippen LogP contribution in [0.3, 0.4) is 0 Å². The third kappa shape index (κ3) is 5.91. The Morgan fingerprint density at radius 3 is 2.09 bits per heavy atom. The van der Waals surface area contributed by atoms with Crippen molar-refractivity contribution >= 4 is 43.1 Å². The molecule has 1 aromatic heterocycles. The lowest BCUT2D eigenvalue weighted by molar-refractivity contribution is 0.0143. The quantitative estimate of drug-likeness (QED) is 0.557. The summed E-state index contributed by atoms with van der Waals surface area (Å²) in [4.78, 5) is 21.7. The van der Waals surface area contributed by atoms with E-state index in [2.05, 4.69) is 75.9 Å².